The van der Waals surface area contributed by atoms with E-state index in [1.54, 1.807) is 0 Å². The number of nitrogens with zero attached hydrogens (tertiary/aromatic N) is 2. The lowest BCUT2D eigenvalue weighted by molar-refractivity contribution is -0.00537. The second-order valence-corrected chi connectivity index (χ2v) is 5.78. The topological polar surface area (TPSA) is 26.7 Å². The largest absolute Gasteiger partial charge is 0.388 e. The van der Waals surface area contributed by atoms with E-state index in [9.17, 15) is 5.11 Å². The monoisotopic (exact) mass is 248 g/mol. The molecular weight excluding hydrogens is 224 g/mol. The number of anilines is 1. The van der Waals surface area contributed by atoms with Gasteiger partial charge in [-0.05, 0) is 46.0 Å². The van der Waals surface area contributed by atoms with E-state index >= 15 is 0 Å². The fraction of sp³-hybridized carbons (Fsp3) is 0.600. The summed E-state index contributed by atoms with van der Waals surface area (Å²) < 4.78 is 0. The maximum Gasteiger partial charge on any atom is 0.0807 e. The van der Waals surface area contributed by atoms with Crippen molar-refractivity contribution >= 4 is 5.69 Å². The molecule has 1 fully saturated rings. The molecule has 0 aromatic heterocycles. The number of likely N-dealkylation sites (N-methyl/N-ethyl adjacent to an activating group) is 1. The SMILES string of the molecule is Cc1ccc(N2CCC(O)(CN(C)C)CC2)cc1. The number of rotatable bonds is 3. The van der Waals surface area contributed by atoms with Gasteiger partial charge in [-0.1, -0.05) is 17.7 Å². The van der Waals surface area contributed by atoms with Gasteiger partial charge in [0.25, 0.3) is 0 Å². The highest BCUT2D eigenvalue weighted by Gasteiger charge is 2.32. The molecule has 0 radical (unpaired) electrons. The molecule has 3 heteroatoms. The van der Waals surface area contributed by atoms with E-state index in [4.69, 9.17) is 0 Å². The summed E-state index contributed by atoms with van der Waals surface area (Å²) >= 11 is 0. The maximum atomic E-state index is 10.5. The molecule has 1 saturated heterocycles. The number of hydrogen-bond acceptors (Lipinski definition) is 3. The lowest BCUT2D eigenvalue weighted by Crippen LogP contribution is -2.49. The fourth-order valence-electron chi connectivity index (χ4n) is 2.68. The third kappa shape index (κ3) is 3.24. The fourth-order valence-corrected chi connectivity index (χ4v) is 2.68. The lowest BCUT2D eigenvalue weighted by Gasteiger charge is -2.40. The van der Waals surface area contributed by atoms with Gasteiger partial charge < -0.3 is 14.9 Å². The van der Waals surface area contributed by atoms with E-state index in [1.807, 2.05) is 14.1 Å². The van der Waals surface area contributed by atoms with Gasteiger partial charge in [-0.25, -0.2) is 0 Å². The van der Waals surface area contributed by atoms with Gasteiger partial charge in [-0.3, -0.25) is 0 Å². The van der Waals surface area contributed by atoms with E-state index in [2.05, 4.69) is 41.0 Å². The van der Waals surface area contributed by atoms with Gasteiger partial charge >= 0.3 is 0 Å². The van der Waals surface area contributed by atoms with Gasteiger partial charge in [-0.15, -0.1) is 0 Å². The highest BCUT2D eigenvalue weighted by Crippen LogP contribution is 2.26. The smallest absolute Gasteiger partial charge is 0.0807 e. The van der Waals surface area contributed by atoms with Gasteiger partial charge in [0.05, 0.1) is 5.60 Å². The normalized spacial score (nSPS) is 19.3. The van der Waals surface area contributed by atoms with Crippen molar-refractivity contribution in [2.24, 2.45) is 0 Å². The maximum absolute atomic E-state index is 10.5. The van der Waals surface area contributed by atoms with Crippen LogP contribution in [0.15, 0.2) is 24.3 Å². The van der Waals surface area contributed by atoms with Gasteiger partial charge in [0.2, 0.25) is 0 Å². The minimum absolute atomic E-state index is 0.509. The molecule has 2 rings (SSSR count). The van der Waals surface area contributed by atoms with Crippen LogP contribution in [0.25, 0.3) is 0 Å². The molecule has 18 heavy (non-hydrogen) atoms. The average Bonchev–Trinajstić information content (AvgIpc) is 2.30. The summed E-state index contributed by atoms with van der Waals surface area (Å²) in [5.41, 5.74) is 2.05. The Balaban J connectivity index is 1.96. The number of aliphatic hydroxyl groups is 1. The van der Waals surface area contributed by atoms with Gasteiger partial charge in [0.15, 0.2) is 0 Å². The van der Waals surface area contributed by atoms with Crippen LogP contribution < -0.4 is 4.90 Å². The quantitative estimate of drug-likeness (QED) is 0.885. The van der Waals surface area contributed by atoms with Crippen molar-refractivity contribution in [2.75, 3.05) is 38.6 Å². The molecule has 0 unspecified atom stereocenters. The van der Waals surface area contributed by atoms with Crippen molar-refractivity contribution in [1.29, 1.82) is 0 Å². The standard InChI is InChI=1S/C15H24N2O/c1-13-4-6-14(7-5-13)17-10-8-15(18,9-11-17)12-16(2)3/h4-7,18H,8-12H2,1-3H3. The number of hydrogen-bond donors (Lipinski definition) is 1. The van der Waals surface area contributed by atoms with Crippen molar-refractivity contribution < 1.29 is 5.11 Å². The zero-order valence-corrected chi connectivity index (χ0v) is 11.7. The Morgan fingerprint density at radius 3 is 2.22 bits per heavy atom. The van der Waals surface area contributed by atoms with E-state index in [0.717, 1.165) is 32.5 Å². The molecule has 0 saturated carbocycles. The third-order valence-electron chi connectivity index (χ3n) is 3.70. The summed E-state index contributed by atoms with van der Waals surface area (Å²) in [6, 6.07) is 8.64. The van der Waals surface area contributed by atoms with Crippen molar-refractivity contribution in [2.45, 2.75) is 25.4 Å². The summed E-state index contributed by atoms with van der Waals surface area (Å²) in [5, 5.41) is 10.5. The molecular formula is C15H24N2O. The first-order valence-corrected chi connectivity index (χ1v) is 6.67. The minimum atomic E-state index is -0.509. The third-order valence-corrected chi connectivity index (χ3v) is 3.70. The second-order valence-electron chi connectivity index (χ2n) is 5.78. The van der Waals surface area contributed by atoms with Crippen molar-refractivity contribution in [3.8, 4) is 0 Å². The molecule has 1 N–H and O–H groups in total. The Bertz CT molecular complexity index is 378. The van der Waals surface area contributed by atoms with Crippen LogP contribution in [0.5, 0.6) is 0 Å². The Morgan fingerprint density at radius 1 is 1.17 bits per heavy atom. The molecule has 1 aliphatic rings. The Morgan fingerprint density at radius 2 is 1.72 bits per heavy atom. The van der Waals surface area contributed by atoms with Gasteiger partial charge in [0, 0.05) is 25.3 Å². The Hall–Kier alpha value is -1.06. The molecule has 0 spiro atoms. The first kappa shape index (κ1) is 13.4. The van der Waals surface area contributed by atoms with Crippen LogP contribution in [0.4, 0.5) is 5.69 Å². The summed E-state index contributed by atoms with van der Waals surface area (Å²) in [6.07, 6.45) is 1.69. The molecule has 0 atom stereocenters. The van der Waals surface area contributed by atoms with Gasteiger partial charge in [-0.2, -0.15) is 0 Å². The number of piperidine rings is 1. The highest BCUT2D eigenvalue weighted by molar-refractivity contribution is 5.48. The predicted octanol–water partition coefficient (Wildman–Crippen LogP) is 1.89. The summed E-state index contributed by atoms with van der Waals surface area (Å²) in [6.45, 7) is 4.74. The van der Waals surface area contributed by atoms with Crippen LogP contribution >= 0.6 is 0 Å². The Labute approximate surface area is 110 Å². The number of aryl methyl sites for hydroxylation is 1. The number of benzene rings is 1. The van der Waals surface area contributed by atoms with E-state index < -0.39 is 5.60 Å². The van der Waals surface area contributed by atoms with Crippen LogP contribution in [0.1, 0.15) is 18.4 Å². The van der Waals surface area contributed by atoms with Crippen LogP contribution in [0, 0.1) is 6.92 Å². The molecule has 1 aromatic carbocycles. The average molecular weight is 248 g/mol. The molecule has 100 valence electrons. The molecule has 1 aliphatic heterocycles. The van der Waals surface area contributed by atoms with Crippen LogP contribution in [0.3, 0.4) is 0 Å². The zero-order valence-electron chi connectivity index (χ0n) is 11.7. The molecule has 0 bridgehead atoms. The molecule has 0 amide bonds. The van der Waals surface area contributed by atoms with E-state index in [0.29, 0.717) is 0 Å². The second kappa shape index (κ2) is 5.29. The molecule has 3 nitrogen and oxygen atoms in total. The first-order chi connectivity index (χ1) is 8.48. The zero-order chi connectivity index (χ0) is 13.2. The minimum Gasteiger partial charge on any atom is -0.388 e. The summed E-state index contributed by atoms with van der Waals surface area (Å²) in [5.74, 6) is 0. The van der Waals surface area contributed by atoms with Crippen LogP contribution in [-0.4, -0.2) is 49.3 Å². The Kier molecular flexibility index (Phi) is 3.93. The lowest BCUT2D eigenvalue weighted by atomic mass is 9.90. The highest BCUT2D eigenvalue weighted by atomic mass is 16.3. The molecule has 1 aromatic rings. The van der Waals surface area contributed by atoms with Crippen molar-refractivity contribution in [1.82, 2.24) is 4.90 Å². The molecule has 1 heterocycles. The van der Waals surface area contributed by atoms with Crippen LogP contribution in [-0.2, 0) is 0 Å². The summed E-state index contributed by atoms with van der Waals surface area (Å²) in [7, 11) is 4.04. The van der Waals surface area contributed by atoms with E-state index in [1.165, 1.54) is 11.3 Å². The van der Waals surface area contributed by atoms with Crippen molar-refractivity contribution in [3.05, 3.63) is 29.8 Å². The summed E-state index contributed by atoms with van der Waals surface area (Å²) in [4.78, 5) is 4.44. The van der Waals surface area contributed by atoms with Crippen molar-refractivity contribution in [3.63, 3.8) is 0 Å². The van der Waals surface area contributed by atoms with Gasteiger partial charge in [0.1, 0.15) is 0 Å². The predicted molar refractivity (Wildman–Crippen MR) is 76.1 cm³/mol. The first-order valence-electron chi connectivity index (χ1n) is 6.67. The molecule has 0 aliphatic carbocycles. The van der Waals surface area contributed by atoms with E-state index in [-0.39, 0.29) is 0 Å². The van der Waals surface area contributed by atoms with Crippen LogP contribution in [0.2, 0.25) is 0 Å².